The van der Waals surface area contributed by atoms with E-state index in [0.717, 1.165) is 22.9 Å². The smallest absolute Gasteiger partial charge is 0.275 e. The highest BCUT2D eigenvalue weighted by Gasteiger charge is 2.38. The van der Waals surface area contributed by atoms with Crippen LogP contribution in [0.3, 0.4) is 0 Å². The van der Waals surface area contributed by atoms with Gasteiger partial charge in [0, 0.05) is 19.5 Å². The zero-order valence-corrected chi connectivity index (χ0v) is 16.4. The van der Waals surface area contributed by atoms with Gasteiger partial charge >= 0.3 is 0 Å². The maximum absolute atomic E-state index is 12.7. The van der Waals surface area contributed by atoms with Crippen LogP contribution < -0.4 is 5.43 Å². The van der Waals surface area contributed by atoms with Crippen molar-refractivity contribution in [1.29, 1.82) is 5.26 Å². The average molecular weight is 400 g/mol. The van der Waals surface area contributed by atoms with Crippen LogP contribution in [0.2, 0.25) is 0 Å². The Hall–Kier alpha value is -3.92. The standard InChI is InChI=1S/C23H20N4O3/c1-26-14-18(27-21(23(26)30)22(29)19(28)13-25-27)20(16-7-3-2-4-8-16)17-9-5-6-15(12-17)10-11-24/h2-9,12-13,18,20,29H,10,14H2,1H3. The average Bonchev–Trinajstić information content (AvgIpc) is 2.75. The first-order chi connectivity index (χ1) is 14.5. The molecule has 7 heteroatoms. The van der Waals surface area contributed by atoms with E-state index in [1.54, 1.807) is 7.05 Å². The minimum atomic E-state index is -0.684. The van der Waals surface area contributed by atoms with Gasteiger partial charge in [0.1, 0.15) is 0 Å². The molecule has 2 atom stereocenters. The Morgan fingerprint density at radius 2 is 1.90 bits per heavy atom. The highest BCUT2D eigenvalue weighted by molar-refractivity contribution is 5.95. The van der Waals surface area contributed by atoms with Crippen molar-refractivity contribution in [3.63, 3.8) is 0 Å². The number of fused-ring (bicyclic) bond motifs is 1. The fraction of sp³-hybridized carbons (Fsp3) is 0.217. The van der Waals surface area contributed by atoms with Gasteiger partial charge in [0.25, 0.3) is 5.91 Å². The van der Waals surface area contributed by atoms with E-state index >= 15 is 0 Å². The zero-order valence-electron chi connectivity index (χ0n) is 16.4. The molecule has 0 aliphatic carbocycles. The minimum absolute atomic E-state index is 0.102. The fourth-order valence-electron chi connectivity index (χ4n) is 4.06. The second kappa shape index (κ2) is 7.84. The Morgan fingerprint density at radius 1 is 1.17 bits per heavy atom. The first kappa shape index (κ1) is 19.4. The van der Waals surface area contributed by atoms with Crippen LogP contribution in [0.4, 0.5) is 0 Å². The van der Waals surface area contributed by atoms with E-state index in [4.69, 9.17) is 5.26 Å². The summed E-state index contributed by atoms with van der Waals surface area (Å²) in [5.74, 6) is -1.25. The fourth-order valence-corrected chi connectivity index (χ4v) is 4.06. The lowest BCUT2D eigenvalue weighted by Gasteiger charge is -2.37. The number of hydrogen-bond acceptors (Lipinski definition) is 5. The van der Waals surface area contributed by atoms with Crippen molar-refractivity contribution in [1.82, 2.24) is 14.7 Å². The summed E-state index contributed by atoms with van der Waals surface area (Å²) < 4.78 is 1.47. The van der Waals surface area contributed by atoms with E-state index in [0.29, 0.717) is 13.0 Å². The molecular weight excluding hydrogens is 380 g/mol. The molecule has 4 rings (SSSR count). The van der Waals surface area contributed by atoms with Crippen molar-refractivity contribution in [3.8, 4) is 11.8 Å². The molecule has 7 nitrogen and oxygen atoms in total. The van der Waals surface area contributed by atoms with Crippen molar-refractivity contribution in [2.75, 3.05) is 13.6 Å². The van der Waals surface area contributed by atoms with Crippen LogP contribution in [0.1, 0.15) is 39.1 Å². The lowest BCUT2D eigenvalue weighted by molar-refractivity contribution is 0.0686. The highest BCUT2D eigenvalue weighted by atomic mass is 16.3. The normalized spacial score (nSPS) is 16.6. The third kappa shape index (κ3) is 3.33. The van der Waals surface area contributed by atoms with E-state index in [1.807, 2.05) is 54.6 Å². The number of nitriles is 1. The lowest BCUT2D eigenvalue weighted by atomic mass is 9.83. The van der Waals surface area contributed by atoms with Gasteiger partial charge in [0.2, 0.25) is 5.43 Å². The number of likely N-dealkylation sites (N-methyl/N-ethyl adjacent to an activating group) is 1. The second-order valence-electron chi connectivity index (χ2n) is 7.37. The summed E-state index contributed by atoms with van der Waals surface area (Å²) in [5.41, 5.74) is 2.08. The Balaban J connectivity index is 1.93. The summed E-state index contributed by atoms with van der Waals surface area (Å²) in [6.45, 7) is 0.350. The number of aromatic hydroxyl groups is 1. The molecule has 0 saturated heterocycles. The van der Waals surface area contributed by atoms with E-state index in [2.05, 4.69) is 11.2 Å². The second-order valence-corrected chi connectivity index (χ2v) is 7.37. The van der Waals surface area contributed by atoms with Gasteiger partial charge in [-0.3, -0.25) is 14.3 Å². The maximum Gasteiger partial charge on any atom is 0.275 e. The van der Waals surface area contributed by atoms with Crippen molar-refractivity contribution in [3.05, 3.63) is 93.4 Å². The molecule has 1 aliphatic rings. The van der Waals surface area contributed by atoms with Crippen LogP contribution in [-0.2, 0) is 6.42 Å². The zero-order chi connectivity index (χ0) is 21.3. The Bertz CT molecular complexity index is 1200. The Morgan fingerprint density at radius 3 is 2.63 bits per heavy atom. The van der Waals surface area contributed by atoms with Crippen LogP contribution in [0, 0.1) is 11.3 Å². The number of carbonyl (C=O) groups is 1. The molecule has 0 radical (unpaired) electrons. The van der Waals surface area contributed by atoms with Crippen molar-refractivity contribution < 1.29 is 9.90 Å². The molecular formula is C23H20N4O3. The van der Waals surface area contributed by atoms with Crippen LogP contribution >= 0.6 is 0 Å². The molecule has 2 unspecified atom stereocenters. The summed E-state index contributed by atoms with van der Waals surface area (Å²) in [5, 5.41) is 23.7. The van der Waals surface area contributed by atoms with Gasteiger partial charge in [-0.2, -0.15) is 10.4 Å². The topological polar surface area (TPSA) is 99.2 Å². The molecule has 2 aromatic carbocycles. The number of aromatic nitrogens is 2. The van der Waals surface area contributed by atoms with E-state index < -0.39 is 17.1 Å². The van der Waals surface area contributed by atoms with Gasteiger partial charge < -0.3 is 10.0 Å². The predicted molar refractivity (Wildman–Crippen MR) is 110 cm³/mol. The van der Waals surface area contributed by atoms with Gasteiger partial charge in [-0.05, 0) is 16.7 Å². The summed E-state index contributed by atoms with van der Waals surface area (Å²) >= 11 is 0. The van der Waals surface area contributed by atoms with Gasteiger partial charge in [-0.1, -0.05) is 54.6 Å². The third-order valence-corrected chi connectivity index (χ3v) is 5.45. The molecule has 1 amide bonds. The largest absolute Gasteiger partial charge is 0.502 e. The molecule has 0 fully saturated rings. The van der Waals surface area contributed by atoms with E-state index in [1.165, 1.54) is 9.58 Å². The molecule has 1 aliphatic heterocycles. The molecule has 1 N–H and O–H groups in total. The molecule has 2 heterocycles. The highest BCUT2D eigenvalue weighted by Crippen LogP contribution is 2.39. The van der Waals surface area contributed by atoms with Gasteiger partial charge in [-0.25, -0.2) is 0 Å². The first-order valence-electron chi connectivity index (χ1n) is 9.58. The van der Waals surface area contributed by atoms with Crippen LogP contribution in [-0.4, -0.2) is 39.3 Å². The van der Waals surface area contributed by atoms with Crippen molar-refractivity contribution in [2.45, 2.75) is 18.4 Å². The molecule has 0 bridgehead atoms. The lowest BCUT2D eigenvalue weighted by Crippen LogP contribution is -2.45. The number of hydrogen-bond donors (Lipinski definition) is 1. The quantitative estimate of drug-likeness (QED) is 0.725. The van der Waals surface area contributed by atoms with Gasteiger partial charge in [0.15, 0.2) is 11.4 Å². The summed E-state index contributed by atoms with van der Waals surface area (Å²) in [6.07, 6.45) is 1.33. The maximum atomic E-state index is 12.7. The van der Waals surface area contributed by atoms with E-state index in [9.17, 15) is 14.7 Å². The molecule has 3 aromatic rings. The number of rotatable bonds is 4. The first-order valence-corrected chi connectivity index (χ1v) is 9.58. The molecule has 0 saturated carbocycles. The number of carbonyl (C=O) groups excluding carboxylic acids is 1. The number of nitrogens with zero attached hydrogens (tertiary/aromatic N) is 4. The summed E-state index contributed by atoms with van der Waals surface area (Å²) in [6, 6.07) is 19.4. The Labute approximate surface area is 173 Å². The number of amides is 1. The third-order valence-electron chi connectivity index (χ3n) is 5.45. The predicted octanol–water partition coefficient (Wildman–Crippen LogP) is 2.47. The van der Waals surface area contributed by atoms with Crippen LogP contribution in [0.5, 0.6) is 5.75 Å². The SMILES string of the molecule is CN1CC(C(c2ccccc2)c2cccc(CC#N)c2)n2ncc(=O)c(O)c2C1=O. The van der Waals surface area contributed by atoms with Crippen molar-refractivity contribution in [2.24, 2.45) is 0 Å². The molecule has 1 aromatic heterocycles. The van der Waals surface area contributed by atoms with Crippen molar-refractivity contribution >= 4 is 5.91 Å². The minimum Gasteiger partial charge on any atom is -0.502 e. The van der Waals surface area contributed by atoms with Gasteiger partial charge in [0.05, 0.1) is 24.7 Å². The summed E-state index contributed by atoms with van der Waals surface area (Å²) in [7, 11) is 1.64. The monoisotopic (exact) mass is 400 g/mol. The molecule has 150 valence electrons. The van der Waals surface area contributed by atoms with Crippen LogP contribution in [0.25, 0.3) is 0 Å². The Kier molecular flexibility index (Phi) is 5.07. The van der Waals surface area contributed by atoms with Crippen LogP contribution in [0.15, 0.2) is 65.6 Å². The molecule has 30 heavy (non-hydrogen) atoms. The molecule has 0 spiro atoms. The van der Waals surface area contributed by atoms with Gasteiger partial charge in [-0.15, -0.1) is 0 Å². The number of benzene rings is 2. The summed E-state index contributed by atoms with van der Waals surface area (Å²) in [4.78, 5) is 26.1. The van der Waals surface area contributed by atoms with E-state index in [-0.39, 0.29) is 17.7 Å².